The van der Waals surface area contributed by atoms with Gasteiger partial charge in [-0.15, -0.1) is 0 Å². The molecule has 134 valence electrons. The first-order valence-electron chi connectivity index (χ1n) is 8.42. The fourth-order valence-corrected chi connectivity index (χ4v) is 3.38. The molecule has 0 saturated carbocycles. The van der Waals surface area contributed by atoms with Crippen molar-refractivity contribution in [1.82, 2.24) is 24.7 Å². The van der Waals surface area contributed by atoms with Gasteiger partial charge in [-0.1, -0.05) is 11.6 Å². The first kappa shape index (κ1) is 16.7. The number of hydrogen-bond donors (Lipinski definition) is 1. The Morgan fingerprint density at radius 1 is 1.27 bits per heavy atom. The molecule has 4 rings (SSSR count). The second-order valence-electron chi connectivity index (χ2n) is 6.34. The van der Waals surface area contributed by atoms with Gasteiger partial charge in [0.2, 0.25) is 5.91 Å². The Morgan fingerprint density at radius 2 is 2.15 bits per heavy atom. The second-order valence-corrected chi connectivity index (χ2v) is 6.78. The number of anilines is 2. The molecule has 9 heteroatoms. The first-order chi connectivity index (χ1) is 12.6. The lowest BCUT2D eigenvalue weighted by molar-refractivity contribution is -0.120. The van der Waals surface area contributed by atoms with Crippen LogP contribution >= 0.6 is 11.6 Å². The highest BCUT2D eigenvalue weighted by Crippen LogP contribution is 2.27. The number of rotatable bonds is 3. The van der Waals surface area contributed by atoms with Crippen molar-refractivity contribution in [3.05, 3.63) is 35.9 Å². The van der Waals surface area contributed by atoms with Crippen molar-refractivity contribution in [2.45, 2.75) is 12.8 Å². The number of amides is 1. The molecule has 0 aliphatic carbocycles. The standard InChI is InChI=1S/C17H18ClN7O/c1-24-15-13(8-22-24)16(21-10-20-15)25-6-2-3-11(9-25)17(26)23-14-5-4-12(18)7-19-14/h4-5,7-8,10-11H,2-3,6,9H2,1H3,(H,19,23,26). The summed E-state index contributed by atoms with van der Waals surface area (Å²) in [6, 6.07) is 3.40. The van der Waals surface area contributed by atoms with Crippen molar-refractivity contribution >= 4 is 40.2 Å². The van der Waals surface area contributed by atoms with Crippen LogP contribution < -0.4 is 10.2 Å². The lowest BCUT2D eigenvalue weighted by Gasteiger charge is -2.33. The van der Waals surface area contributed by atoms with E-state index in [1.807, 2.05) is 7.05 Å². The smallest absolute Gasteiger partial charge is 0.230 e. The zero-order chi connectivity index (χ0) is 18.1. The van der Waals surface area contributed by atoms with Crippen LogP contribution in [-0.2, 0) is 11.8 Å². The Kier molecular flexibility index (Phi) is 4.42. The van der Waals surface area contributed by atoms with Crippen molar-refractivity contribution in [3.8, 4) is 0 Å². The SMILES string of the molecule is Cn1ncc2c(N3CCCC(C(=O)Nc4ccc(Cl)cn4)C3)ncnc21. The number of nitrogens with zero attached hydrogens (tertiary/aromatic N) is 6. The zero-order valence-corrected chi connectivity index (χ0v) is 15.0. The van der Waals surface area contributed by atoms with Crippen LogP contribution in [0.25, 0.3) is 11.0 Å². The van der Waals surface area contributed by atoms with Crippen LogP contribution in [0.15, 0.2) is 30.9 Å². The number of carbonyl (C=O) groups excluding carboxylic acids is 1. The predicted molar refractivity (Wildman–Crippen MR) is 99.1 cm³/mol. The van der Waals surface area contributed by atoms with Crippen LogP contribution in [-0.4, -0.2) is 43.7 Å². The quantitative estimate of drug-likeness (QED) is 0.759. The first-order valence-corrected chi connectivity index (χ1v) is 8.79. The van der Waals surface area contributed by atoms with E-state index >= 15 is 0 Å². The zero-order valence-electron chi connectivity index (χ0n) is 14.3. The molecule has 1 amide bonds. The van der Waals surface area contributed by atoms with Gasteiger partial charge in [-0.05, 0) is 25.0 Å². The summed E-state index contributed by atoms with van der Waals surface area (Å²) >= 11 is 5.83. The number of aromatic nitrogens is 5. The lowest BCUT2D eigenvalue weighted by atomic mass is 9.97. The molecule has 1 N–H and O–H groups in total. The lowest BCUT2D eigenvalue weighted by Crippen LogP contribution is -2.41. The molecule has 1 unspecified atom stereocenters. The summed E-state index contributed by atoms with van der Waals surface area (Å²) in [7, 11) is 1.85. The third-order valence-corrected chi connectivity index (χ3v) is 4.80. The molecule has 1 saturated heterocycles. The van der Waals surface area contributed by atoms with Crippen LogP contribution in [0.5, 0.6) is 0 Å². The van der Waals surface area contributed by atoms with Gasteiger partial charge in [-0.2, -0.15) is 5.10 Å². The minimum absolute atomic E-state index is 0.0407. The van der Waals surface area contributed by atoms with Gasteiger partial charge in [-0.3, -0.25) is 9.48 Å². The van der Waals surface area contributed by atoms with Gasteiger partial charge in [0.25, 0.3) is 0 Å². The molecule has 0 spiro atoms. The fourth-order valence-electron chi connectivity index (χ4n) is 3.26. The number of fused-ring (bicyclic) bond motifs is 1. The van der Waals surface area contributed by atoms with Gasteiger partial charge in [0.05, 0.1) is 22.5 Å². The highest BCUT2D eigenvalue weighted by Gasteiger charge is 2.28. The molecule has 8 nitrogen and oxygen atoms in total. The van der Waals surface area contributed by atoms with Crippen LogP contribution in [0.4, 0.5) is 11.6 Å². The van der Waals surface area contributed by atoms with Crippen molar-refractivity contribution in [2.24, 2.45) is 13.0 Å². The summed E-state index contributed by atoms with van der Waals surface area (Å²) < 4.78 is 1.72. The summed E-state index contributed by atoms with van der Waals surface area (Å²) in [5.74, 6) is 1.15. The number of piperidine rings is 1. The molecule has 0 aromatic carbocycles. The van der Waals surface area contributed by atoms with Gasteiger partial charge in [0.15, 0.2) is 5.65 Å². The minimum atomic E-state index is -0.136. The van der Waals surface area contributed by atoms with Crippen LogP contribution in [0.3, 0.4) is 0 Å². The third-order valence-electron chi connectivity index (χ3n) is 4.58. The summed E-state index contributed by atoms with van der Waals surface area (Å²) in [5.41, 5.74) is 0.784. The second kappa shape index (κ2) is 6.87. The molecule has 4 heterocycles. The maximum absolute atomic E-state index is 12.6. The molecule has 1 aliphatic rings. The molecule has 3 aromatic rings. The van der Waals surface area contributed by atoms with Gasteiger partial charge in [-0.25, -0.2) is 15.0 Å². The highest BCUT2D eigenvalue weighted by molar-refractivity contribution is 6.30. The van der Waals surface area contributed by atoms with E-state index in [-0.39, 0.29) is 11.8 Å². The topological polar surface area (TPSA) is 88.8 Å². The van der Waals surface area contributed by atoms with Crippen LogP contribution in [0, 0.1) is 5.92 Å². The maximum atomic E-state index is 12.6. The Bertz CT molecular complexity index is 940. The molecule has 1 fully saturated rings. The Labute approximate surface area is 155 Å². The molecule has 1 aliphatic heterocycles. The average molecular weight is 372 g/mol. The number of nitrogens with one attached hydrogen (secondary N) is 1. The van der Waals surface area contributed by atoms with E-state index in [9.17, 15) is 4.79 Å². The van der Waals surface area contributed by atoms with Crippen molar-refractivity contribution in [2.75, 3.05) is 23.3 Å². The molecule has 0 radical (unpaired) electrons. The van der Waals surface area contributed by atoms with Crippen molar-refractivity contribution in [3.63, 3.8) is 0 Å². The van der Waals surface area contributed by atoms with E-state index in [2.05, 4.69) is 30.3 Å². The number of carbonyl (C=O) groups is 1. The average Bonchev–Trinajstić information content (AvgIpc) is 3.05. The number of pyridine rings is 1. The molecule has 3 aromatic heterocycles. The third kappa shape index (κ3) is 3.20. The monoisotopic (exact) mass is 371 g/mol. The number of aryl methyl sites for hydroxylation is 1. The fraction of sp³-hybridized carbons (Fsp3) is 0.353. The molecule has 26 heavy (non-hydrogen) atoms. The summed E-state index contributed by atoms with van der Waals surface area (Å²) in [4.78, 5) is 27.6. The summed E-state index contributed by atoms with van der Waals surface area (Å²) in [5, 5.41) is 8.56. The van der Waals surface area contributed by atoms with Crippen molar-refractivity contribution in [1.29, 1.82) is 0 Å². The van der Waals surface area contributed by atoms with Gasteiger partial charge in [0.1, 0.15) is 18.0 Å². The van der Waals surface area contributed by atoms with E-state index in [1.165, 1.54) is 6.20 Å². The van der Waals surface area contributed by atoms with E-state index in [0.29, 0.717) is 17.4 Å². The molecular formula is C17H18ClN7O. The van der Waals surface area contributed by atoms with Crippen LogP contribution in [0.1, 0.15) is 12.8 Å². The Balaban J connectivity index is 1.51. The van der Waals surface area contributed by atoms with Gasteiger partial charge < -0.3 is 10.2 Å². The number of hydrogen-bond acceptors (Lipinski definition) is 6. The maximum Gasteiger partial charge on any atom is 0.230 e. The number of halogens is 1. The van der Waals surface area contributed by atoms with Gasteiger partial charge >= 0.3 is 0 Å². The largest absolute Gasteiger partial charge is 0.355 e. The van der Waals surface area contributed by atoms with E-state index in [0.717, 1.165) is 36.2 Å². The van der Waals surface area contributed by atoms with E-state index in [4.69, 9.17) is 11.6 Å². The van der Waals surface area contributed by atoms with Crippen molar-refractivity contribution < 1.29 is 4.79 Å². The molecular weight excluding hydrogens is 354 g/mol. The molecule has 1 atom stereocenters. The Morgan fingerprint density at radius 3 is 2.96 bits per heavy atom. The van der Waals surface area contributed by atoms with E-state index in [1.54, 1.807) is 29.3 Å². The Hall–Kier alpha value is -2.74. The summed E-state index contributed by atoms with van der Waals surface area (Å²) in [6.45, 7) is 1.45. The summed E-state index contributed by atoms with van der Waals surface area (Å²) in [6.07, 6.45) is 6.58. The van der Waals surface area contributed by atoms with E-state index < -0.39 is 0 Å². The predicted octanol–water partition coefficient (Wildman–Crippen LogP) is 2.27. The molecule has 0 bridgehead atoms. The van der Waals surface area contributed by atoms with Gasteiger partial charge in [0, 0.05) is 26.3 Å². The van der Waals surface area contributed by atoms with Crippen LogP contribution in [0.2, 0.25) is 5.02 Å². The normalized spacial score (nSPS) is 17.5. The highest BCUT2D eigenvalue weighted by atomic mass is 35.5. The minimum Gasteiger partial charge on any atom is -0.355 e.